The first-order valence-electron chi connectivity index (χ1n) is 16.8. The molecular weight excluding hydrogens is 663 g/mol. The fourth-order valence-electron chi connectivity index (χ4n) is 4.17. The molecule has 48 heavy (non-hydrogen) atoms. The molecule has 5 unspecified atom stereocenters. The third kappa shape index (κ3) is 53.3. The van der Waals surface area contributed by atoms with Crippen LogP contribution in [-0.2, 0) is 10.4 Å². The molecule has 1 saturated carbocycles. The van der Waals surface area contributed by atoms with Gasteiger partial charge < -0.3 is 58.0 Å². The van der Waals surface area contributed by atoms with Crippen molar-refractivity contribution in [2.24, 2.45) is 17.8 Å². The van der Waals surface area contributed by atoms with Crippen LogP contribution in [0.2, 0.25) is 0 Å². The first-order valence-corrected chi connectivity index (χ1v) is 18.2. The molecule has 0 aliphatic heterocycles. The number of rotatable bonds is 16. The number of hydrogen-bond acceptors (Lipinski definition) is 12. The van der Waals surface area contributed by atoms with Crippen molar-refractivity contribution in [2.75, 3.05) is 33.0 Å². The molecule has 1 fully saturated rings. The summed E-state index contributed by atoms with van der Waals surface area (Å²) in [6.07, 6.45) is 12.2. The van der Waals surface area contributed by atoms with Crippen LogP contribution in [-0.4, -0.2) is 132 Å². The third-order valence-corrected chi connectivity index (χ3v) is 6.92. The second-order valence-electron chi connectivity index (χ2n) is 11.8. The second kappa shape index (κ2) is 43.6. The van der Waals surface area contributed by atoms with E-state index in [0.29, 0.717) is 11.8 Å². The van der Waals surface area contributed by atoms with Gasteiger partial charge in [-0.2, -0.15) is 14.8 Å². The van der Waals surface area contributed by atoms with Crippen LogP contribution in [0.5, 0.6) is 0 Å². The summed E-state index contributed by atoms with van der Waals surface area (Å²) in [6.45, 7) is 12.7. The van der Waals surface area contributed by atoms with Gasteiger partial charge in [0.15, 0.2) is 0 Å². The molecule has 1 aliphatic carbocycles. The Morgan fingerprint density at radius 2 is 1.06 bits per heavy atom. The van der Waals surface area contributed by atoms with Crippen molar-refractivity contribution in [1.82, 2.24) is 0 Å². The van der Waals surface area contributed by atoms with Crippen LogP contribution in [0.3, 0.4) is 0 Å². The minimum absolute atomic E-state index is 0. The molecule has 14 nitrogen and oxygen atoms in total. The Balaban J connectivity index is -0.000000115. The first kappa shape index (κ1) is 60.6. The Bertz CT molecular complexity index is 660. The molecule has 0 radical (unpaired) electrons. The van der Waals surface area contributed by atoms with Crippen molar-refractivity contribution in [3.8, 4) is 0 Å². The molecule has 0 aromatic heterocycles. The van der Waals surface area contributed by atoms with Gasteiger partial charge in [-0.05, 0) is 37.5 Å². The molecule has 0 saturated heterocycles. The summed E-state index contributed by atoms with van der Waals surface area (Å²) in [5, 5.41) is 83.9. The Labute approximate surface area is 313 Å². The van der Waals surface area contributed by atoms with E-state index >= 15 is 0 Å². The smallest absolute Gasteiger partial charge is 0.397 e. The minimum Gasteiger partial charge on any atom is -0.397 e. The van der Waals surface area contributed by atoms with Crippen molar-refractivity contribution in [1.29, 1.82) is 0 Å². The van der Waals surface area contributed by atoms with E-state index in [4.69, 9.17) is 63.5 Å². The van der Waals surface area contributed by atoms with E-state index in [1.165, 1.54) is 70.6 Å². The zero-order chi connectivity index (χ0) is 37.8. The molecule has 0 spiro atoms. The maximum atomic E-state index is 9.71. The first-order chi connectivity index (χ1) is 21.9. The quantitative estimate of drug-likeness (QED) is 0.0389. The Morgan fingerprint density at radius 1 is 0.708 bits per heavy atom. The molecule has 292 valence electrons. The van der Waals surface area contributed by atoms with E-state index in [1.807, 2.05) is 0 Å². The van der Waals surface area contributed by atoms with Crippen LogP contribution in [0, 0.1) is 24.7 Å². The zero-order valence-corrected chi connectivity index (χ0v) is 33.5. The Kier molecular flexibility index (Phi) is 55.0. The molecule has 0 heterocycles. The maximum absolute atomic E-state index is 9.71. The molecule has 0 aromatic rings. The molecule has 1 aliphatic rings. The van der Waals surface area contributed by atoms with Crippen LogP contribution in [0.1, 0.15) is 118 Å². The number of unbranched alkanes of at least 4 members (excludes halogenated alkanes) is 9. The summed E-state index contributed by atoms with van der Waals surface area (Å²) in [6, 6.07) is 0. The SMILES string of the molecule is CC1CCC(C(C)C)C(O)C1.CCO.O=S(=O)(O)O.OCC(O)C(O)C(O)CO.OCC(O)CO.[CH2-]CCCCCCCCCCC.[Na+]. The van der Waals surface area contributed by atoms with Crippen molar-refractivity contribution in [2.45, 2.75) is 149 Å². The predicted octanol–water partition coefficient (Wildman–Crippen LogP) is -1.08. The minimum atomic E-state index is -4.67. The summed E-state index contributed by atoms with van der Waals surface area (Å²) in [7, 11) is -4.67. The molecule has 5 atom stereocenters. The number of hydrogen-bond donors (Lipinski definition) is 12. The zero-order valence-electron chi connectivity index (χ0n) is 30.6. The van der Waals surface area contributed by atoms with Gasteiger partial charge in [0.1, 0.15) is 24.4 Å². The van der Waals surface area contributed by atoms with Crippen LogP contribution in [0.25, 0.3) is 0 Å². The van der Waals surface area contributed by atoms with E-state index in [9.17, 15) is 5.11 Å². The Morgan fingerprint density at radius 3 is 1.31 bits per heavy atom. The number of aliphatic hydroxyl groups excluding tert-OH is 10. The van der Waals surface area contributed by atoms with Gasteiger partial charge in [-0.15, -0.1) is 0 Å². The van der Waals surface area contributed by atoms with Gasteiger partial charge >= 0.3 is 40.0 Å². The van der Waals surface area contributed by atoms with Crippen LogP contribution in [0.4, 0.5) is 0 Å². The van der Waals surface area contributed by atoms with Crippen molar-refractivity contribution in [3.05, 3.63) is 6.92 Å². The van der Waals surface area contributed by atoms with Gasteiger partial charge in [0.05, 0.1) is 32.5 Å². The summed E-state index contributed by atoms with van der Waals surface area (Å²) in [4.78, 5) is 0. The van der Waals surface area contributed by atoms with Gasteiger partial charge in [-0.3, -0.25) is 9.11 Å². The van der Waals surface area contributed by atoms with Crippen molar-refractivity contribution in [3.63, 3.8) is 0 Å². The monoisotopic (exact) mass is 736 g/mol. The molecular formula is C32H73NaO14S. The average molecular weight is 737 g/mol. The molecule has 0 amide bonds. The normalized spacial score (nSPS) is 18.7. The van der Waals surface area contributed by atoms with Gasteiger partial charge in [-0.25, -0.2) is 0 Å². The van der Waals surface area contributed by atoms with E-state index < -0.39 is 48.0 Å². The van der Waals surface area contributed by atoms with Crippen LogP contribution >= 0.6 is 0 Å². The van der Waals surface area contributed by atoms with Crippen molar-refractivity contribution < 1.29 is 98.1 Å². The predicted molar refractivity (Wildman–Crippen MR) is 184 cm³/mol. The maximum Gasteiger partial charge on any atom is 1.00 e. The van der Waals surface area contributed by atoms with E-state index in [2.05, 4.69) is 34.6 Å². The average Bonchev–Trinajstić information content (AvgIpc) is 3.01. The summed E-state index contributed by atoms with van der Waals surface area (Å²) in [5.41, 5.74) is 0. The second-order valence-corrected chi connectivity index (χ2v) is 12.7. The summed E-state index contributed by atoms with van der Waals surface area (Å²) >= 11 is 0. The topological polar surface area (TPSA) is 277 Å². The third-order valence-electron chi connectivity index (χ3n) is 6.92. The molecule has 1 rings (SSSR count). The van der Waals surface area contributed by atoms with Gasteiger partial charge in [0.2, 0.25) is 0 Å². The number of aliphatic hydroxyl groups is 10. The van der Waals surface area contributed by atoms with E-state index in [0.717, 1.165) is 18.8 Å². The fourth-order valence-corrected chi connectivity index (χ4v) is 4.17. The van der Waals surface area contributed by atoms with Crippen LogP contribution in [0.15, 0.2) is 0 Å². The molecule has 16 heteroatoms. The largest absolute Gasteiger partial charge is 1.00 e. The van der Waals surface area contributed by atoms with E-state index in [1.54, 1.807) is 6.92 Å². The molecule has 0 aromatic carbocycles. The van der Waals surface area contributed by atoms with E-state index in [-0.39, 0.29) is 55.5 Å². The van der Waals surface area contributed by atoms with Crippen LogP contribution < -0.4 is 29.6 Å². The van der Waals surface area contributed by atoms with Gasteiger partial charge in [0, 0.05) is 6.61 Å². The van der Waals surface area contributed by atoms with Gasteiger partial charge in [0.25, 0.3) is 0 Å². The summed E-state index contributed by atoms with van der Waals surface area (Å²) < 4.78 is 31.6. The fraction of sp³-hybridized carbons (Fsp3) is 0.969. The summed E-state index contributed by atoms with van der Waals surface area (Å²) in [5.74, 6) is 1.95. The molecule has 12 N–H and O–H groups in total. The Hall–Kier alpha value is 0.470. The standard InChI is InChI=1S/C12H25.C10H20O.C5H12O5.C3H8O3.C2H6O.Na.H2O4S/c1-3-5-7-9-11-12-10-8-6-4-2;1-7(2)9-5-4-8(3)6-10(9)11;6-1-3(8)5(10)4(9)2-7;4-1-3(6)2-5;1-2-3;;1-5(2,3)4/h1,3-12H2,2H3;7-11H,4-6H2,1-3H3;3-10H,1-2H2;3-6H,1-2H2;3H,2H2,1H3;;(H2,1,2,3,4)/q-1;;;;;+1;. The van der Waals surface area contributed by atoms with Gasteiger partial charge in [-0.1, -0.05) is 91.9 Å². The molecule has 0 bridgehead atoms. The van der Waals surface area contributed by atoms with Crippen molar-refractivity contribution >= 4 is 10.4 Å².